The fraction of sp³-hybridized carbons (Fsp3) is 0.938. The predicted octanol–water partition coefficient (Wildman–Crippen LogP) is 3.50. The predicted molar refractivity (Wildman–Crippen MR) is 75.6 cm³/mol. The number of hydrogen-bond acceptors (Lipinski definition) is 2. The zero-order valence-corrected chi connectivity index (χ0v) is 12.4. The Kier molecular flexibility index (Phi) is 4.47. The maximum Gasteiger partial charge on any atom is 0.137 e. The number of Topliss-reactive ketones (excluding diaryl/α,β-unsaturated/α-hetero) is 1. The minimum atomic E-state index is 0.292. The highest BCUT2D eigenvalue weighted by atomic mass is 16.1. The van der Waals surface area contributed by atoms with Crippen LogP contribution in [0, 0.1) is 17.3 Å². The van der Waals surface area contributed by atoms with Gasteiger partial charge in [-0.05, 0) is 44.1 Å². The zero-order valence-electron chi connectivity index (χ0n) is 12.4. The van der Waals surface area contributed by atoms with Gasteiger partial charge in [0.15, 0.2) is 0 Å². The Morgan fingerprint density at radius 3 is 2.56 bits per heavy atom. The van der Waals surface area contributed by atoms with Crippen LogP contribution < -0.4 is 0 Å². The second kappa shape index (κ2) is 5.73. The average Bonchev–Trinajstić information content (AvgIpc) is 2.76. The Morgan fingerprint density at radius 2 is 1.89 bits per heavy atom. The van der Waals surface area contributed by atoms with E-state index in [2.05, 4.69) is 25.8 Å². The van der Waals surface area contributed by atoms with E-state index >= 15 is 0 Å². The molecule has 0 amide bonds. The molecule has 0 spiro atoms. The van der Waals surface area contributed by atoms with Crippen LogP contribution in [0.5, 0.6) is 0 Å². The van der Waals surface area contributed by atoms with Crippen LogP contribution in [0.1, 0.15) is 58.8 Å². The lowest BCUT2D eigenvalue weighted by atomic mass is 9.71. The molecule has 0 heterocycles. The van der Waals surface area contributed by atoms with Crippen molar-refractivity contribution in [3.8, 4) is 0 Å². The van der Waals surface area contributed by atoms with Gasteiger partial charge in [-0.15, -0.1) is 0 Å². The van der Waals surface area contributed by atoms with Crippen molar-refractivity contribution in [1.29, 1.82) is 0 Å². The second-order valence-corrected chi connectivity index (χ2v) is 7.40. The first-order valence-electron chi connectivity index (χ1n) is 7.67. The fourth-order valence-corrected chi connectivity index (χ4v) is 3.80. The van der Waals surface area contributed by atoms with Crippen LogP contribution in [0.15, 0.2) is 0 Å². The lowest BCUT2D eigenvalue weighted by Crippen LogP contribution is -2.38. The van der Waals surface area contributed by atoms with E-state index in [-0.39, 0.29) is 0 Å². The summed E-state index contributed by atoms with van der Waals surface area (Å²) in [6.07, 6.45) is 8.58. The van der Waals surface area contributed by atoms with Gasteiger partial charge in [-0.25, -0.2) is 0 Å². The molecule has 0 aliphatic heterocycles. The third kappa shape index (κ3) is 3.81. The summed E-state index contributed by atoms with van der Waals surface area (Å²) in [4.78, 5) is 14.4. The van der Waals surface area contributed by atoms with E-state index in [0.717, 1.165) is 31.7 Å². The normalized spacial score (nSPS) is 29.1. The number of carbonyl (C=O) groups excluding carboxylic acids is 1. The summed E-state index contributed by atoms with van der Waals surface area (Å²) in [5.41, 5.74) is 0.368. The first kappa shape index (κ1) is 14.0. The first-order valence-corrected chi connectivity index (χ1v) is 7.67. The van der Waals surface area contributed by atoms with Gasteiger partial charge in [-0.3, -0.25) is 4.79 Å². The van der Waals surface area contributed by atoms with Gasteiger partial charge in [-0.2, -0.15) is 0 Å². The maximum atomic E-state index is 12.0. The molecule has 0 N–H and O–H groups in total. The van der Waals surface area contributed by atoms with Gasteiger partial charge >= 0.3 is 0 Å². The van der Waals surface area contributed by atoms with Crippen molar-refractivity contribution in [1.82, 2.24) is 4.90 Å². The van der Waals surface area contributed by atoms with Gasteiger partial charge < -0.3 is 4.90 Å². The summed E-state index contributed by atoms with van der Waals surface area (Å²) in [5, 5.41) is 0. The summed E-state index contributed by atoms with van der Waals surface area (Å²) in [7, 11) is 2.20. The molecule has 2 rings (SSSR count). The third-order valence-electron chi connectivity index (χ3n) is 4.88. The molecule has 2 nitrogen and oxygen atoms in total. The Labute approximate surface area is 112 Å². The van der Waals surface area contributed by atoms with Gasteiger partial charge in [0.2, 0.25) is 0 Å². The van der Waals surface area contributed by atoms with Crippen LogP contribution in [-0.2, 0) is 4.79 Å². The van der Waals surface area contributed by atoms with Gasteiger partial charge in [0.1, 0.15) is 5.78 Å². The van der Waals surface area contributed by atoms with Crippen molar-refractivity contribution in [2.24, 2.45) is 17.3 Å². The molecule has 18 heavy (non-hydrogen) atoms. The highest BCUT2D eigenvalue weighted by Crippen LogP contribution is 2.37. The number of ketones is 1. The molecule has 0 saturated heterocycles. The van der Waals surface area contributed by atoms with E-state index in [9.17, 15) is 4.79 Å². The second-order valence-electron chi connectivity index (χ2n) is 7.40. The molecule has 0 radical (unpaired) electrons. The summed E-state index contributed by atoms with van der Waals surface area (Å²) < 4.78 is 0. The maximum absolute atomic E-state index is 12.0. The molecule has 0 aromatic rings. The molecule has 2 saturated carbocycles. The van der Waals surface area contributed by atoms with Crippen LogP contribution in [0.25, 0.3) is 0 Å². The lowest BCUT2D eigenvalue weighted by molar-refractivity contribution is -0.127. The van der Waals surface area contributed by atoms with Crippen LogP contribution in [0.2, 0.25) is 0 Å². The lowest BCUT2D eigenvalue weighted by Gasteiger charge is -2.36. The Hall–Kier alpha value is -0.370. The number of hydrogen-bond donors (Lipinski definition) is 0. The smallest absolute Gasteiger partial charge is 0.137 e. The topological polar surface area (TPSA) is 20.3 Å². The highest BCUT2D eigenvalue weighted by molar-refractivity contribution is 5.82. The van der Waals surface area contributed by atoms with E-state index in [0.29, 0.717) is 17.1 Å². The molecule has 1 unspecified atom stereocenters. The molecule has 2 aliphatic rings. The van der Waals surface area contributed by atoms with Crippen molar-refractivity contribution in [2.75, 3.05) is 20.1 Å². The third-order valence-corrected chi connectivity index (χ3v) is 4.88. The van der Waals surface area contributed by atoms with E-state index < -0.39 is 0 Å². The standard InChI is InChI=1S/C16H29NO/c1-16(2)9-8-15(18)14(10-16)12-17(3)11-13-6-4-5-7-13/h13-14H,4-12H2,1-3H3. The Bertz CT molecular complexity index is 291. The Balaban J connectivity index is 1.81. The van der Waals surface area contributed by atoms with Crippen molar-refractivity contribution in [2.45, 2.75) is 58.8 Å². The van der Waals surface area contributed by atoms with Crippen LogP contribution in [-0.4, -0.2) is 30.8 Å². The van der Waals surface area contributed by atoms with Crippen LogP contribution in [0.3, 0.4) is 0 Å². The monoisotopic (exact) mass is 251 g/mol. The molecular formula is C16H29NO. The van der Waals surface area contributed by atoms with Crippen molar-refractivity contribution < 1.29 is 4.79 Å². The van der Waals surface area contributed by atoms with E-state index in [1.165, 1.54) is 32.2 Å². The molecule has 0 bridgehead atoms. The zero-order chi connectivity index (χ0) is 13.2. The number of rotatable bonds is 4. The van der Waals surface area contributed by atoms with Crippen molar-refractivity contribution in [3.63, 3.8) is 0 Å². The molecule has 2 heteroatoms. The van der Waals surface area contributed by atoms with E-state index in [4.69, 9.17) is 0 Å². The van der Waals surface area contributed by atoms with Crippen LogP contribution in [0.4, 0.5) is 0 Å². The molecule has 0 aromatic carbocycles. The largest absolute Gasteiger partial charge is 0.305 e. The minimum Gasteiger partial charge on any atom is -0.305 e. The quantitative estimate of drug-likeness (QED) is 0.762. The molecule has 2 aliphatic carbocycles. The minimum absolute atomic E-state index is 0.292. The molecule has 104 valence electrons. The van der Waals surface area contributed by atoms with Gasteiger partial charge in [0.25, 0.3) is 0 Å². The summed E-state index contributed by atoms with van der Waals surface area (Å²) in [5.74, 6) is 1.69. The molecule has 2 fully saturated rings. The van der Waals surface area contributed by atoms with Crippen molar-refractivity contribution >= 4 is 5.78 Å². The van der Waals surface area contributed by atoms with E-state index in [1.807, 2.05) is 0 Å². The molecule has 0 aromatic heterocycles. The van der Waals surface area contributed by atoms with Crippen molar-refractivity contribution in [3.05, 3.63) is 0 Å². The fourth-order valence-electron chi connectivity index (χ4n) is 3.80. The summed E-state index contributed by atoms with van der Waals surface area (Å²) >= 11 is 0. The van der Waals surface area contributed by atoms with E-state index in [1.54, 1.807) is 0 Å². The highest BCUT2D eigenvalue weighted by Gasteiger charge is 2.34. The van der Waals surface area contributed by atoms with Crippen LogP contribution >= 0.6 is 0 Å². The molecular weight excluding hydrogens is 222 g/mol. The average molecular weight is 251 g/mol. The SMILES string of the molecule is CN(CC1CCCC1)CC1CC(C)(C)CCC1=O. The molecule has 1 atom stereocenters. The van der Waals surface area contributed by atoms with Gasteiger partial charge in [0.05, 0.1) is 0 Å². The number of carbonyl (C=O) groups is 1. The summed E-state index contributed by atoms with van der Waals surface area (Å²) in [6.45, 7) is 6.80. The Morgan fingerprint density at radius 1 is 1.22 bits per heavy atom. The first-order chi connectivity index (χ1) is 8.46. The van der Waals surface area contributed by atoms with Gasteiger partial charge in [-0.1, -0.05) is 26.7 Å². The summed E-state index contributed by atoms with van der Waals surface area (Å²) in [6, 6.07) is 0. The van der Waals surface area contributed by atoms with Gasteiger partial charge in [0, 0.05) is 25.4 Å². The number of nitrogens with zero attached hydrogens (tertiary/aromatic N) is 1.